The fraction of sp³-hybridized carbons (Fsp3) is 0.136. The van der Waals surface area contributed by atoms with Gasteiger partial charge >= 0.3 is 6.18 Å². The van der Waals surface area contributed by atoms with Gasteiger partial charge in [0, 0.05) is 23.5 Å². The van der Waals surface area contributed by atoms with Crippen LogP contribution in [0.3, 0.4) is 0 Å². The SMILES string of the molecule is C[C@H](NS(=O)(=O)c1ccc(-c2c(C#N)c3cc(Cl)cnc3n2-c2ccccc2)nc1)C(F)(F)F. The molecule has 0 spiro atoms. The monoisotopic (exact) mass is 505 g/mol. The van der Waals surface area contributed by atoms with Gasteiger partial charge in [0.1, 0.15) is 22.7 Å². The number of fused-ring (bicyclic) bond motifs is 1. The van der Waals surface area contributed by atoms with E-state index < -0.39 is 27.1 Å². The maximum absolute atomic E-state index is 12.8. The molecule has 1 N–H and O–H groups in total. The second-order valence-corrected chi connectivity index (χ2v) is 9.45. The Morgan fingerprint density at radius 1 is 1.12 bits per heavy atom. The van der Waals surface area contributed by atoms with Crippen molar-refractivity contribution < 1.29 is 21.6 Å². The van der Waals surface area contributed by atoms with Crippen LogP contribution in [0.25, 0.3) is 28.1 Å². The molecule has 4 aromatic rings. The normalized spacial score (nSPS) is 13.1. The highest BCUT2D eigenvalue weighted by Crippen LogP contribution is 2.35. The predicted molar refractivity (Wildman–Crippen MR) is 120 cm³/mol. The van der Waals surface area contributed by atoms with E-state index in [2.05, 4.69) is 16.0 Å². The number of nitrogens with one attached hydrogen (secondary N) is 1. The Labute approximate surface area is 197 Å². The first-order chi connectivity index (χ1) is 16.0. The highest BCUT2D eigenvalue weighted by molar-refractivity contribution is 7.89. The quantitative estimate of drug-likeness (QED) is 0.418. The topological polar surface area (TPSA) is 101 Å². The van der Waals surface area contributed by atoms with Crippen molar-refractivity contribution in [2.75, 3.05) is 0 Å². The summed E-state index contributed by atoms with van der Waals surface area (Å²) in [5, 5.41) is 10.7. The minimum Gasteiger partial charge on any atom is -0.291 e. The van der Waals surface area contributed by atoms with Crippen LogP contribution in [0.5, 0.6) is 0 Å². The molecule has 7 nitrogen and oxygen atoms in total. The van der Waals surface area contributed by atoms with Crippen LogP contribution < -0.4 is 4.72 Å². The van der Waals surface area contributed by atoms with Crippen LogP contribution in [-0.2, 0) is 10.0 Å². The van der Waals surface area contributed by atoms with Crippen LogP contribution in [0.15, 0.2) is 65.8 Å². The third-order valence-corrected chi connectivity index (χ3v) is 6.75. The lowest BCUT2D eigenvalue weighted by atomic mass is 10.1. The van der Waals surface area contributed by atoms with Crippen LogP contribution in [-0.4, -0.2) is 35.2 Å². The number of hydrogen-bond donors (Lipinski definition) is 1. The number of rotatable bonds is 5. The zero-order chi connectivity index (χ0) is 24.7. The lowest BCUT2D eigenvalue weighted by Crippen LogP contribution is -2.42. The average Bonchev–Trinajstić information content (AvgIpc) is 3.12. The van der Waals surface area contributed by atoms with Crippen molar-refractivity contribution in [2.24, 2.45) is 0 Å². The molecule has 0 fully saturated rings. The van der Waals surface area contributed by atoms with Gasteiger partial charge in [-0.25, -0.2) is 13.4 Å². The Morgan fingerprint density at radius 3 is 2.41 bits per heavy atom. The first-order valence-corrected chi connectivity index (χ1v) is 11.6. The summed E-state index contributed by atoms with van der Waals surface area (Å²) >= 11 is 6.10. The Balaban J connectivity index is 1.87. The number of aromatic nitrogens is 3. The molecule has 0 saturated heterocycles. The van der Waals surface area contributed by atoms with E-state index in [0.29, 0.717) is 34.4 Å². The number of sulfonamides is 1. The van der Waals surface area contributed by atoms with E-state index in [9.17, 15) is 26.9 Å². The minimum absolute atomic E-state index is 0.209. The van der Waals surface area contributed by atoms with Gasteiger partial charge in [-0.15, -0.1) is 0 Å². The molecule has 0 aliphatic rings. The second kappa shape index (κ2) is 8.72. The molecule has 12 heteroatoms. The minimum atomic E-state index is -4.74. The largest absolute Gasteiger partial charge is 0.404 e. The van der Waals surface area contributed by atoms with Crippen molar-refractivity contribution in [2.45, 2.75) is 24.0 Å². The number of hydrogen-bond acceptors (Lipinski definition) is 5. The molecule has 0 unspecified atom stereocenters. The summed E-state index contributed by atoms with van der Waals surface area (Å²) in [5.41, 5.74) is 1.86. The fourth-order valence-corrected chi connectivity index (χ4v) is 4.70. The number of halogens is 4. The van der Waals surface area contributed by atoms with E-state index in [4.69, 9.17) is 11.6 Å². The van der Waals surface area contributed by atoms with E-state index in [1.165, 1.54) is 12.3 Å². The number of pyridine rings is 2. The summed E-state index contributed by atoms with van der Waals surface area (Å²) in [5.74, 6) is 0. The average molecular weight is 506 g/mol. The molecular weight excluding hydrogens is 491 g/mol. The van der Waals surface area contributed by atoms with Crippen molar-refractivity contribution >= 4 is 32.7 Å². The van der Waals surface area contributed by atoms with Gasteiger partial charge in [0.2, 0.25) is 10.0 Å². The number of para-hydroxylation sites is 1. The van der Waals surface area contributed by atoms with Crippen molar-refractivity contribution in [3.8, 4) is 23.1 Å². The van der Waals surface area contributed by atoms with Crippen molar-refractivity contribution in [1.82, 2.24) is 19.3 Å². The molecular formula is C22H15ClF3N5O2S. The van der Waals surface area contributed by atoms with Gasteiger partial charge in [-0.3, -0.25) is 9.55 Å². The van der Waals surface area contributed by atoms with Crippen molar-refractivity contribution in [3.63, 3.8) is 0 Å². The van der Waals surface area contributed by atoms with Gasteiger partial charge in [-0.05, 0) is 37.3 Å². The zero-order valence-electron chi connectivity index (χ0n) is 17.4. The predicted octanol–water partition coefficient (Wildman–Crippen LogP) is 4.84. The summed E-state index contributed by atoms with van der Waals surface area (Å²) in [6.07, 6.45) is -2.37. The molecule has 0 aliphatic carbocycles. The fourth-order valence-electron chi connectivity index (χ4n) is 3.37. The standard InChI is InChI=1S/C22H15ClF3N5O2S/c1-13(22(24,25)26)30-34(32,33)16-7-8-19(28-12-16)20-18(10-27)17-9-14(23)11-29-21(17)31(20)15-5-3-2-4-6-15/h2-9,11-13,30H,1H3/t13-/m0/s1. The van der Waals surface area contributed by atoms with Gasteiger partial charge < -0.3 is 0 Å². The highest BCUT2D eigenvalue weighted by Gasteiger charge is 2.39. The van der Waals surface area contributed by atoms with E-state index in [1.54, 1.807) is 39.6 Å². The lowest BCUT2D eigenvalue weighted by Gasteiger charge is -2.17. The second-order valence-electron chi connectivity index (χ2n) is 7.29. The summed E-state index contributed by atoms with van der Waals surface area (Å²) in [6.45, 7) is 0.703. The first kappa shape index (κ1) is 23.7. The molecule has 174 valence electrons. The van der Waals surface area contributed by atoms with Crippen LogP contribution in [0.1, 0.15) is 12.5 Å². The molecule has 4 rings (SSSR count). The molecule has 1 aromatic carbocycles. The van der Waals surface area contributed by atoms with Gasteiger partial charge in [0.15, 0.2) is 0 Å². The van der Waals surface area contributed by atoms with E-state index in [-0.39, 0.29) is 11.3 Å². The zero-order valence-corrected chi connectivity index (χ0v) is 18.9. The third kappa shape index (κ3) is 4.35. The molecule has 0 bridgehead atoms. The Bertz CT molecular complexity index is 1510. The summed E-state index contributed by atoms with van der Waals surface area (Å²) < 4.78 is 66.5. The van der Waals surface area contributed by atoms with Gasteiger partial charge in [0.25, 0.3) is 0 Å². The molecule has 0 aliphatic heterocycles. The number of benzene rings is 1. The van der Waals surface area contributed by atoms with Crippen LogP contribution in [0.2, 0.25) is 5.02 Å². The van der Waals surface area contributed by atoms with Crippen LogP contribution >= 0.6 is 11.6 Å². The summed E-state index contributed by atoms with van der Waals surface area (Å²) in [7, 11) is -4.48. The van der Waals surface area contributed by atoms with Crippen molar-refractivity contribution in [3.05, 3.63) is 71.5 Å². The van der Waals surface area contributed by atoms with E-state index >= 15 is 0 Å². The van der Waals surface area contributed by atoms with Gasteiger partial charge in [0.05, 0.1) is 22.0 Å². The first-order valence-electron chi connectivity index (χ1n) is 9.74. The Morgan fingerprint density at radius 2 is 1.82 bits per heavy atom. The molecule has 1 atom stereocenters. The van der Waals surface area contributed by atoms with E-state index in [0.717, 1.165) is 12.3 Å². The number of nitrogens with zero attached hydrogens (tertiary/aromatic N) is 4. The summed E-state index contributed by atoms with van der Waals surface area (Å²) in [6, 6.07) is 12.9. The van der Waals surface area contributed by atoms with E-state index in [1.807, 2.05) is 6.07 Å². The smallest absolute Gasteiger partial charge is 0.291 e. The molecule has 0 radical (unpaired) electrons. The highest BCUT2D eigenvalue weighted by atomic mass is 35.5. The molecule has 3 aromatic heterocycles. The van der Waals surface area contributed by atoms with Gasteiger partial charge in [-0.2, -0.15) is 23.2 Å². The summed E-state index contributed by atoms with van der Waals surface area (Å²) in [4.78, 5) is 8.08. The molecule has 34 heavy (non-hydrogen) atoms. The molecule has 3 heterocycles. The Hall–Kier alpha value is -3.46. The van der Waals surface area contributed by atoms with Crippen LogP contribution in [0, 0.1) is 11.3 Å². The molecule has 0 saturated carbocycles. The Kier molecular flexibility index (Phi) is 6.07. The van der Waals surface area contributed by atoms with Crippen molar-refractivity contribution in [1.29, 1.82) is 5.26 Å². The third-order valence-electron chi connectivity index (χ3n) is 5.01. The van der Waals surface area contributed by atoms with Gasteiger partial charge in [-0.1, -0.05) is 29.8 Å². The number of alkyl halides is 3. The number of nitriles is 1. The maximum Gasteiger partial charge on any atom is 0.404 e. The molecule has 0 amide bonds. The lowest BCUT2D eigenvalue weighted by molar-refractivity contribution is -0.147. The van der Waals surface area contributed by atoms with Crippen LogP contribution in [0.4, 0.5) is 13.2 Å². The maximum atomic E-state index is 12.8.